The van der Waals surface area contributed by atoms with Crippen molar-refractivity contribution in [3.63, 3.8) is 0 Å². The Labute approximate surface area is 222 Å². The van der Waals surface area contributed by atoms with E-state index >= 15 is 0 Å². The summed E-state index contributed by atoms with van der Waals surface area (Å²) in [5.41, 5.74) is 2.61. The average Bonchev–Trinajstić information content (AvgIpc) is 2.90. The Bertz CT molecular complexity index is 1150. The van der Waals surface area contributed by atoms with Gasteiger partial charge in [-0.05, 0) is 26.3 Å². The van der Waals surface area contributed by atoms with Crippen LogP contribution in [0.1, 0.15) is 42.1 Å². The van der Waals surface area contributed by atoms with Gasteiger partial charge in [0.1, 0.15) is 18.1 Å². The maximum Gasteiger partial charge on any atom is 0.408 e. The molecule has 2 amide bonds. The van der Waals surface area contributed by atoms with Crippen LogP contribution in [0, 0.1) is 6.92 Å². The molecular weight excluding hydrogens is 492 g/mol. The van der Waals surface area contributed by atoms with E-state index in [-0.39, 0.29) is 12.8 Å². The number of ether oxygens (including phenoxy) is 4. The quantitative estimate of drug-likeness (QED) is 0.451. The van der Waals surface area contributed by atoms with Crippen molar-refractivity contribution >= 4 is 18.3 Å². The van der Waals surface area contributed by atoms with Gasteiger partial charge in [0.2, 0.25) is 5.91 Å². The molecule has 0 saturated heterocycles. The highest BCUT2D eigenvalue weighted by Crippen LogP contribution is 2.50. The van der Waals surface area contributed by atoms with Crippen LogP contribution in [0.2, 0.25) is 0 Å². The van der Waals surface area contributed by atoms with Gasteiger partial charge in [0.25, 0.3) is 0 Å². The first kappa shape index (κ1) is 28.8. The Hall–Kier alpha value is -3.79. The van der Waals surface area contributed by atoms with Crippen molar-refractivity contribution in [2.75, 3.05) is 27.9 Å². The number of rotatable bonds is 10. The summed E-state index contributed by atoms with van der Waals surface area (Å²) in [6.45, 7) is 4.70. The van der Waals surface area contributed by atoms with Gasteiger partial charge < -0.3 is 39.1 Å². The molecule has 1 aliphatic heterocycles. The van der Waals surface area contributed by atoms with Crippen molar-refractivity contribution in [3.8, 4) is 17.2 Å². The summed E-state index contributed by atoms with van der Waals surface area (Å²) in [5.74, 6) is 0.693. The van der Waals surface area contributed by atoms with Crippen LogP contribution in [0.4, 0.5) is 4.79 Å². The molecule has 206 valence electrons. The maximum absolute atomic E-state index is 14.1. The third kappa shape index (κ3) is 5.70. The molecule has 2 aromatic rings. The summed E-state index contributed by atoms with van der Waals surface area (Å²) < 4.78 is 22.2. The molecule has 0 radical (unpaired) electrons. The molecule has 2 aromatic carbocycles. The monoisotopic (exact) mass is 528 g/mol. The first-order valence-corrected chi connectivity index (χ1v) is 12.4. The summed E-state index contributed by atoms with van der Waals surface area (Å²) in [5, 5.41) is 13.3. The lowest BCUT2D eigenvalue weighted by Crippen LogP contribution is -2.57. The van der Waals surface area contributed by atoms with Gasteiger partial charge in [-0.2, -0.15) is 0 Å². The van der Waals surface area contributed by atoms with Gasteiger partial charge in [-0.25, -0.2) is 4.79 Å². The standard InChI is InChI=1S/C28H36N2O8/c1-16(2)38-28(34)29-21(12-18-10-8-7-9-11-18)27(33)30-19(14-31)13-20-23(22(30)15-32)26(37-6)25(36-5)17(3)24(20)35-4/h7-11,14,16,19,21-22,32H,12-13,15H2,1-6H3,(H,29,34)/t19-,21-,22+/m0/s1. The third-order valence-electron chi connectivity index (χ3n) is 6.58. The number of alkyl carbamates (subject to hydrolysis) is 1. The van der Waals surface area contributed by atoms with Crippen LogP contribution >= 0.6 is 0 Å². The van der Waals surface area contributed by atoms with E-state index < -0.39 is 42.8 Å². The number of aldehydes is 1. The summed E-state index contributed by atoms with van der Waals surface area (Å²) in [4.78, 5) is 40.4. The van der Waals surface area contributed by atoms with E-state index in [1.54, 1.807) is 13.8 Å². The van der Waals surface area contributed by atoms with Crippen LogP contribution in [0.15, 0.2) is 30.3 Å². The second-order valence-electron chi connectivity index (χ2n) is 9.31. The molecule has 1 aliphatic rings. The van der Waals surface area contributed by atoms with Crippen molar-refractivity contribution in [1.29, 1.82) is 0 Å². The van der Waals surface area contributed by atoms with E-state index in [2.05, 4.69) is 5.32 Å². The minimum atomic E-state index is -1.07. The number of methoxy groups -OCH3 is 3. The van der Waals surface area contributed by atoms with Crippen LogP contribution in [0.5, 0.6) is 17.2 Å². The zero-order chi connectivity index (χ0) is 28.0. The SMILES string of the molecule is COc1c(C)c(OC)c(OC)c2c1C[C@@H](C=O)N(C(=O)[C@H](Cc1ccccc1)NC(=O)OC(C)C)[C@@H]2CO. The number of hydrogen-bond acceptors (Lipinski definition) is 8. The van der Waals surface area contributed by atoms with Crippen LogP contribution in [-0.4, -0.2) is 74.4 Å². The Morgan fingerprint density at radius 2 is 1.71 bits per heavy atom. The highest BCUT2D eigenvalue weighted by molar-refractivity contribution is 5.89. The molecule has 10 nitrogen and oxygen atoms in total. The number of fused-ring (bicyclic) bond motifs is 1. The molecule has 0 saturated carbocycles. The lowest BCUT2D eigenvalue weighted by Gasteiger charge is -2.43. The zero-order valence-corrected chi connectivity index (χ0v) is 22.6. The second kappa shape index (κ2) is 12.6. The Kier molecular flexibility index (Phi) is 9.57. The lowest BCUT2D eigenvalue weighted by atomic mass is 9.84. The van der Waals surface area contributed by atoms with Crippen LogP contribution in [0.3, 0.4) is 0 Å². The first-order valence-electron chi connectivity index (χ1n) is 12.4. The summed E-state index contributed by atoms with van der Waals surface area (Å²) in [7, 11) is 4.47. The fourth-order valence-corrected chi connectivity index (χ4v) is 5.07. The van der Waals surface area contributed by atoms with Crippen LogP contribution in [-0.2, 0) is 27.2 Å². The van der Waals surface area contributed by atoms with E-state index in [9.17, 15) is 19.5 Å². The molecule has 38 heavy (non-hydrogen) atoms. The van der Waals surface area contributed by atoms with Gasteiger partial charge in [0.15, 0.2) is 11.5 Å². The molecular formula is C28H36N2O8. The maximum atomic E-state index is 14.1. The fraction of sp³-hybridized carbons (Fsp3) is 0.464. The van der Waals surface area contributed by atoms with Crippen molar-refractivity contribution in [1.82, 2.24) is 10.2 Å². The number of nitrogens with zero attached hydrogens (tertiary/aromatic N) is 1. The molecule has 0 bridgehead atoms. The first-order chi connectivity index (χ1) is 18.2. The van der Waals surface area contributed by atoms with E-state index in [1.165, 1.54) is 26.2 Å². The fourth-order valence-electron chi connectivity index (χ4n) is 5.07. The van der Waals surface area contributed by atoms with E-state index in [0.717, 1.165) is 5.56 Å². The third-order valence-corrected chi connectivity index (χ3v) is 6.58. The lowest BCUT2D eigenvalue weighted by molar-refractivity contribution is -0.143. The van der Waals surface area contributed by atoms with Crippen molar-refractivity contribution in [3.05, 3.63) is 52.6 Å². The van der Waals surface area contributed by atoms with Crippen LogP contribution in [0.25, 0.3) is 0 Å². The number of amides is 2. The molecule has 10 heteroatoms. The number of carbonyl (C=O) groups is 3. The number of aliphatic hydroxyl groups is 1. The number of carbonyl (C=O) groups excluding carboxylic acids is 3. The molecule has 0 fully saturated rings. The number of aliphatic hydroxyl groups excluding tert-OH is 1. The number of hydrogen-bond donors (Lipinski definition) is 2. The Balaban J connectivity index is 2.14. The minimum absolute atomic E-state index is 0.125. The number of benzene rings is 2. The highest BCUT2D eigenvalue weighted by Gasteiger charge is 2.44. The second-order valence-corrected chi connectivity index (χ2v) is 9.31. The molecule has 0 unspecified atom stereocenters. The van der Waals surface area contributed by atoms with Gasteiger partial charge in [0, 0.05) is 29.5 Å². The van der Waals surface area contributed by atoms with Gasteiger partial charge in [-0.3, -0.25) is 4.79 Å². The van der Waals surface area contributed by atoms with Gasteiger partial charge in [-0.1, -0.05) is 30.3 Å². The van der Waals surface area contributed by atoms with Gasteiger partial charge in [0.05, 0.1) is 46.1 Å². The molecule has 0 aromatic heterocycles. The Morgan fingerprint density at radius 3 is 2.24 bits per heavy atom. The molecule has 0 aliphatic carbocycles. The summed E-state index contributed by atoms with van der Waals surface area (Å²) in [6, 6.07) is 6.21. The normalized spacial score (nSPS) is 17.3. The summed E-state index contributed by atoms with van der Waals surface area (Å²) >= 11 is 0. The molecule has 1 heterocycles. The highest BCUT2D eigenvalue weighted by atomic mass is 16.6. The van der Waals surface area contributed by atoms with Crippen molar-refractivity contribution in [2.45, 2.75) is 57.8 Å². The average molecular weight is 529 g/mol. The number of nitrogens with one attached hydrogen (secondary N) is 1. The molecule has 0 spiro atoms. The van der Waals surface area contributed by atoms with Crippen molar-refractivity contribution < 1.29 is 38.4 Å². The minimum Gasteiger partial charge on any atom is -0.496 e. The zero-order valence-electron chi connectivity index (χ0n) is 22.6. The van der Waals surface area contributed by atoms with Gasteiger partial charge >= 0.3 is 6.09 Å². The van der Waals surface area contributed by atoms with E-state index in [0.29, 0.717) is 40.2 Å². The molecule has 3 atom stereocenters. The van der Waals surface area contributed by atoms with Crippen LogP contribution < -0.4 is 19.5 Å². The topological polar surface area (TPSA) is 124 Å². The van der Waals surface area contributed by atoms with E-state index in [4.69, 9.17) is 18.9 Å². The predicted octanol–water partition coefficient (Wildman–Crippen LogP) is 2.75. The smallest absolute Gasteiger partial charge is 0.408 e. The van der Waals surface area contributed by atoms with E-state index in [1.807, 2.05) is 37.3 Å². The van der Waals surface area contributed by atoms with Crippen molar-refractivity contribution in [2.24, 2.45) is 0 Å². The molecule has 2 N–H and O–H groups in total. The largest absolute Gasteiger partial charge is 0.496 e. The molecule has 3 rings (SSSR count). The Morgan fingerprint density at radius 1 is 1.08 bits per heavy atom. The summed E-state index contributed by atoms with van der Waals surface area (Å²) in [6.07, 6.45) is -0.213. The van der Waals surface area contributed by atoms with Gasteiger partial charge in [-0.15, -0.1) is 0 Å². The predicted molar refractivity (Wildman–Crippen MR) is 140 cm³/mol.